The number of thioether (sulfide) groups is 1. The molecule has 0 aliphatic carbocycles. The molecule has 1 unspecified atom stereocenters. The summed E-state index contributed by atoms with van der Waals surface area (Å²) < 4.78 is 43.8. The number of halogens is 1. The van der Waals surface area contributed by atoms with Crippen molar-refractivity contribution in [1.29, 1.82) is 0 Å². The van der Waals surface area contributed by atoms with Crippen molar-refractivity contribution in [2.24, 2.45) is 0 Å². The van der Waals surface area contributed by atoms with E-state index in [-0.39, 0.29) is 23.2 Å². The van der Waals surface area contributed by atoms with E-state index in [1.807, 2.05) is 4.57 Å². The van der Waals surface area contributed by atoms with E-state index < -0.39 is 9.84 Å². The Morgan fingerprint density at radius 2 is 2.12 bits per heavy atom. The molecule has 1 aliphatic heterocycles. The fourth-order valence-electron chi connectivity index (χ4n) is 2.83. The fourth-order valence-corrected chi connectivity index (χ4v) is 5.34. The van der Waals surface area contributed by atoms with Crippen LogP contribution in [0.25, 0.3) is 0 Å². The molecule has 0 radical (unpaired) electrons. The number of allylic oxidation sites excluding steroid dienone is 1. The van der Waals surface area contributed by atoms with E-state index in [2.05, 4.69) is 16.8 Å². The highest BCUT2D eigenvalue weighted by molar-refractivity contribution is 7.99. The van der Waals surface area contributed by atoms with Crippen LogP contribution >= 0.6 is 11.8 Å². The lowest BCUT2D eigenvalue weighted by Gasteiger charge is -2.11. The van der Waals surface area contributed by atoms with Gasteiger partial charge in [-0.1, -0.05) is 17.8 Å². The van der Waals surface area contributed by atoms with Crippen molar-refractivity contribution in [3.63, 3.8) is 0 Å². The molecule has 3 rings (SSSR count). The number of benzene rings is 1. The van der Waals surface area contributed by atoms with Crippen LogP contribution in [-0.4, -0.2) is 47.0 Å². The predicted molar refractivity (Wildman–Crippen MR) is 98.8 cm³/mol. The summed E-state index contributed by atoms with van der Waals surface area (Å²) in [7, 11) is -2.98. The monoisotopic (exact) mass is 397 g/mol. The summed E-state index contributed by atoms with van der Waals surface area (Å²) in [5, 5.41) is 9.15. The number of sulfone groups is 1. The van der Waals surface area contributed by atoms with Crippen LogP contribution in [0.5, 0.6) is 5.75 Å². The van der Waals surface area contributed by atoms with E-state index in [0.717, 1.165) is 0 Å². The second-order valence-corrected chi connectivity index (χ2v) is 9.28. The first-order chi connectivity index (χ1) is 12.5. The number of ether oxygens (including phenoxy) is 1. The minimum atomic E-state index is -2.98. The van der Waals surface area contributed by atoms with Gasteiger partial charge in [0.15, 0.2) is 15.0 Å². The summed E-state index contributed by atoms with van der Waals surface area (Å²) >= 11 is 1.48. The van der Waals surface area contributed by atoms with Gasteiger partial charge in [-0.2, -0.15) is 0 Å². The molecule has 1 fully saturated rings. The Balaban J connectivity index is 1.60. The van der Waals surface area contributed by atoms with E-state index >= 15 is 0 Å². The third-order valence-corrected chi connectivity index (χ3v) is 6.75. The van der Waals surface area contributed by atoms with Crippen LogP contribution in [0.1, 0.15) is 18.2 Å². The van der Waals surface area contributed by atoms with Crippen LogP contribution in [0.2, 0.25) is 0 Å². The molecule has 1 aliphatic rings. The molecule has 9 heteroatoms. The molecule has 1 aromatic carbocycles. The molecule has 0 bridgehead atoms. The smallest absolute Gasteiger partial charge is 0.191 e. The van der Waals surface area contributed by atoms with E-state index in [1.165, 1.54) is 23.9 Å². The maximum absolute atomic E-state index is 12.9. The van der Waals surface area contributed by atoms with Gasteiger partial charge in [0.05, 0.1) is 18.1 Å². The maximum Gasteiger partial charge on any atom is 0.191 e. The number of rotatable bonds is 8. The molecule has 6 nitrogen and oxygen atoms in total. The van der Waals surface area contributed by atoms with Crippen molar-refractivity contribution >= 4 is 21.6 Å². The molecule has 26 heavy (non-hydrogen) atoms. The van der Waals surface area contributed by atoms with Gasteiger partial charge in [-0.25, -0.2) is 12.8 Å². The molecule has 1 atom stereocenters. The van der Waals surface area contributed by atoms with Gasteiger partial charge < -0.3 is 9.30 Å². The van der Waals surface area contributed by atoms with Crippen molar-refractivity contribution < 1.29 is 17.5 Å². The van der Waals surface area contributed by atoms with Crippen LogP contribution < -0.4 is 4.74 Å². The summed E-state index contributed by atoms with van der Waals surface area (Å²) in [6, 6.07) is 5.87. The standard InChI is InChI=1S/C17H20FN3O3S2/c1-2-8-21-16(13-7-11-26(22,23)12-13)19-20-17(21)25-10-9-24-15-5-3-14(18)4-6-15/h2-6,13H,1,7-12H2. The van der Waals surface area contributed by atoms with E-state index in [1.54, 1.807) is 18.2 Å². The Hall–Kier alpha value is -1.87. The minimum absolute atomic E-state index is 0.114. The first kappa shape index (κ1) is 18.9. The molecule has 2 aromatic rings. The molecular weight excluding hydrogens is 377 g/mol. The Morgan fingerprint density at radius 1 is 1.35 bits per heavy atom. The summed E-state index contributed by atoms with van der Waals surface area (Å²) in [6.45, 7) is 4.72. The zero-order valence-electron chi connectivity index (χ0n) is 14.2. The third kappa shape index (κ3) is 4.64. The highest BCUT2D eigenvalue weighted by Crippen LogP contribution is 2.30. The first-order valence-electron chi connectivity index (χ1n) is 8.24. The molecule has 2 heterocycles. The molecule has 1 aromatic heterocycles. The summed E-state index contributed by atoms with van der Waals surface area (Å²) in [5.74, 6) is 1.86. The third-order valence-electron chi connectivity index (χ3n) is 4.05. The van der Waals surface area contributed by atoms with Crippen LogP contribution in [0.3, 0.4) is 0 Å². The van der Waals surface area contributed by atoms with Crippen molar-refractivity contribution in [3.05, 3.63) is 48.6 Å². The number of aromatic nitrogens is 3. The average Bonchev–Trinajstić information content (AvgIpc) is 3.17. The Morgan fingerprint density at radius 3 is 2.77 bits per heavy atom. The van der Waals surface area contributed by atoms with Crippen molar-refractivity contribution in [2.75, 3.05) is 23.9 Å². The van der Waals surface area contributed by atoms with Crippen LogP contribution in [0.4, 0.5) is 4.39 Å². The van der Waals surface area contributed by atoms with Gasteiger partial charge >= 0.3 is 0 Å². The van der Waals surface area contributed by atoms with Crippen molar-refractivity contribution in [2.45, 2.75) is 24.0 Å². The lowest BCUT2D eigenvalue weighted by Crippen LogP contribution is -2.11. The lowest BCUT2D eigenvalue weighted by atomic mass is 10.1. The molecule has 140 valence electrons. The number of hydrogen-bond acceptors (Lipinski definition) is 6. The van der Waals surface area contributed by atoms with E-state index in [0.29, 0.717) is 42.1 Å². The van der Waals surface area contributed by atoms with Crippen molar-refractivity contribution in [3.8, 4) is 5.75 Å². The van der Waals surface area contributed by atoms with E-state index in [4.69, 9.17) is 4.74 Å². The zero-order valence-corrected chi connectivity index (χ0v) is 15.8. The predicted octanol–water partition coefficient (Wildman–Crippen LogP) is 2.68. The van der Waals surface area contributed by atoms with Gasteiger partial charge in [0.2, 0.25) is 0 Å². The highest BCUT2D eigenvalue weighted by Gasteiger charge is 2.33. The SMILES string of the molecule is C=CCn1c(SCCOc2ccc(F)cc2)nnc1C1CCS(=O)(=O)C1. The second-order valence-electron chi connectivity index (χ2n) is 5.99. The largest absolute Gasteiger partial charge is 0.493 e. The molecule has 0 N–H and O–H groups in total. The summed E-state index contributed by atoms with van der Waals surface area (Å²) in [5.41, 5.74) is 0. The van der Waals surface area contributed by atoms with Gasteiger partial charge in [-0.05, 0) is 30.7 Å². The quantitative estimate of drug-likeness (QED) is 0.387. The molecular formula is C17H20FN3O3S2. The first-order valence-corrected chi connectivity index (χ1v) is 11.0. The minimum Gasteiger partial charge on any atom is -0.493 e. The lowest BCUT2D eigenvalue weighted by molar-refractivity contribution is 0.343. The molecule has 0 amide bonds. The van der Waals surface area contributed by atoms with Crippen molar-refractivity contribution in [1.82, 2.24) is 14.8 Å². The topological polar surface area (TPSA) is 74.1 Å². The maximum atomic E-state index is 12.9. The number of nitrogens with zero attached hydrogens (tertiary/aromatic N) is 3. The highest BCUT2D eigenvalue weighted by atomic mass is 32.2. The fraction of sp³-hybridized carbons (Fsp3) is 0.412. The van der Waals surface area contributed by atoms with Gasteiger partial charge in [-0.3, -0.25) is 0 Å². The molecule has 0 saturated carbocycles. The van der Waals surface area contributed by atoms with Gasteiger partial charge in [0.1, 0.15) is 17.4 Å². The van der Waals surface area contributed by atoms with Gasteiger partial charge in [-0.15, -0.1) is 16.8 Å². The second kappa shape index (κ2) is 8.22. The van der Waals surface area contributed by atoms with E-state index in [9.17, 15) is 12.8 Å². The van der Waals surface area contributed by atoms with Crippen LogP contribution in [0.15, 0.2) is 42.1 Å². The normalized spacial score (nSPS) is 18.7. The van der Waals surface area contributed by atoms with Crippen LogP contribution in [0, 0.1) is 5.82 Å². The Labute approximate surface area is 156 Å². The van der Waals surface area contributed by atoms with Gasteiger partial charge in [0, 0.05) is 18.2 Å². The number of hydrogen-bond donors (Lipinski definition) is 0. The Kier molecular flexibility index (Phi) is 5.98. The molecule has 1 saturated heterocycles. The van der Waals surface area contributed by atoms with Crippen LogP contribution in [-0.2, 0) is 16.4 Å². The average molecular weight is 397 g/mol. The Bertz CT molecular complexity index is 866. The molecule has 0 spiro atoms. The van der Waals surface area contributed by atoms with Gasteiger partial charge in [0.25, 0.3) is 0 Å². The summed E-state index contributed by atoms with van der Waals surface area (Å²) in [4.78, 5) is 0. The summed E-state index contributed by atoms with van der Waals surface area (Å²) in [6.07, 6.45) is 2.32. The zero-order chi connectivity index (χ0) is 18.6.